The van der Waals surface area contributed by atoms with E-state index >= 15 is 0 Å². The number of carboxylic acids is 1. The molecule has 0 spiro atoms. The van der Waals surface area contributed by atoms with Gasteiger partial charge in [-0.05, 0) is 36.7 Å². The van der Waals surface area contributed by atoms with Gasteiger partial charge in [-0.15, -0.1) is 0 Å². The summed E-state index contributed by atoms with van der Waals surface area (Å²) in [7, 11) is 0. The lowest BCUT2D eigenvalue weighted by Gasteiger charge is -2.10. The Balaban J connectivity index is 2.76. The largest absolute Gasteiger partial charge is 0.480 e. The van der Waals surface area contributed by atoms with Crippen molar-refractivity contribution >= 4 is 21.9 Å². The van der Waals surface area contributed by atoms with E-state index in [2.05, 4.69) is 26.3 Å². The molecule has 90 valence electrons. The van der Waals surface area contributed by atoms with Gasteiger partial charge in [-0.2, -0.15) is 5.10 Å². The van der Waals surface area contributed by atoms with Gasteiger partial charge in [0.05, 0.1) is 15.9 Å². The number of halogens is 1. The number of hydrogen-bond donors (Lipinski definition) is 2. The summed E-state index contributed by atoms with van der Waals surface area (Å²) in [5, 5.41) is 16.0. The Morgan fingerprint density at radius 2 is 2.31 bits per heavy atom. The molecule has 6 heteroatoms. The van der Waals surface area contributed by atoms with Gasteiger partial charge in [0.25, 0.3) is 0 Å². The Bertz CT molecular complexity index is 390. The third-order valence-corrected chi connectivity index (χ3v) is 3.43. The fourth-order valence-electron chi connectivity index (χ4n) is 1.37. The van der Waals surface area contributed by atoms with Crippen LogP contribution in [-0.2, 0) is 17.9 Å². The van der Waals surface area contributed by atoms with Gasteiger partial charge in [0.15, 0.2) is 0 Å². The molecule has 1 aromatic heterocycles. The molecule has 1 aromatic rings. The zero-order chi connectivity index (χ0) is 12.3. The van der Waals surface area contributed by atoms with Crippen molar-refractivity contribution in [1.29, 1.82) is 0 Å². The van der Waals surface area contributed by atoms with E-state index < -0.39 is 12.0 Å². The van der Waals surface area contributed by atoms with Gasteiger partial charge in [0.1, 0.15) is 6.04 Å². The Hall–Kier alpha value is -0.880. The van der Waals surface area contributed by atoms with E-state index in [1.54, 1.807) is 6.92 Å². The molecule has 0 aliphatic carbocycles. The highest BCUT2D eigenvalue weighted by Crippen LogP contribution is 2.20. The lowest BCUT2D eigenvalue weighted by atomic mass is 10.3. The number of aliphatic carboxylic acids is 1. The molecule has 1 heterocycles. The van der Waals surface area contributed by atoms with E-state index in [0.29, 0.717) is 6.54 Å². The fourth-order valence-corrected chi connectivity index (χ4v) is 1.80. The molecule has 0 saturated heterocycles. The molecule has 1 atom stereocenters. The zero-order valence-corrected chi connectivity index (χ0v) is 11.2. The number of rotatable bonds is 5. The molecule has 2 N–H and O–H groups in total. The van der Waals surface area contributed by atoms with E-state index in [-0.39, 0.29) is 0 Å². The van der Waals surface area contributed by atoms with Crippen molar-refractivity contribution in [2.45, 2.75) is 39.9 Å². The standard InChI is InChI=1S/C10H16BrN3O2/c1-4-14-8(9(11)6(2)13-14)5-12-7(3)10(15)16/h7,12H,4-5H2,1-3H3,(H,15,16)/t7-/m1/s1. The van der Waals surface area contributed by atoms with Crippen LogP contribution in [0.25, 0.3) is 0 Å². The zero-order valence-electron chi connectivity index (χ0n) is 9.62. The van der Waals surface area contributed by atoms with Crippen molar-refractivity contribution in [2.75, 3.05) is 0 Å². The summed E-state index contributed by atoms with van der Waals surface area (Å²) >= 11 is 3.46. The SMILES string of the molecule is CCn1nc(C)c(Br)c1CN[C@H](C)C(=O)O. The van der Waals surface area contributed by atoms with Gasteiger partial charge in [-0.25, -0.2) is 0 Å². The summed E-state index contributed by atoms with van der Waals surface area (Å²) in [6.07, 6.45) is 0. The van der Waals surface area contributed by atoms with Gasteiger partial charge >= 0.3 is 5.97 Å². The highest BCUT2D eigenvalue weighted by Gasteiger charge is 2.15. The molecular formula is C10H16BrN3O2. The van der Waals surface area contributed by atoms with E-state index in [0.717, 1.165) is 22.4 Å². The molecule has 0 radical (unpaired) electrons. The monoisotopic (exact) mass is 289 g/mol. The Morgan fingerprint density at radius 1 is 1.69 bits per heavy atom. The molecule has 0 bridgehead atoms. The molecule has 0 aliphatic rings. The van der Waals surface area contributed by atoms with Crippen molar-refractivity contribution in [2.24, 2.45) is 0 Å². The predicted molar refractivity (Wildman–Crippen MR) is 64.3 cm³/mol. The number of carbonyl (C=O) groups is 1. The highest BCUT2D eigenvalue weighted by atomic mass is 79.9. The Morgan fingerprint density at radius 3 is 2.81 bits per heavy atom. The van der Waals surface area contributed by atoms with Gasteiger partial charge in [-0.1, -0.05) is 0 Å². The second kappa shape index (κ2) is 5.45. The number of aromatic nitrogens is 2. The smallest absolute Gasteiger partial charge is 0.320 e. The molecule has 5 nitrogen and oxygen atoms in total. The number of hydrogen-bond acceptors (Lipinski definition) is 3. The number of nitrogens with zero attached hydrogens (tertiary/aromatic N) is 2. The lowest BCUT2D eigenvalue weighted by molar-refractivity contribution is -0.139. The summed E-state index contributed by atoms with van der Waals surface area (Å²) in [6.45, 7) is 6.80. The van der Waals surface area contributed by atoms with Crippen molar-refractivity contribution in [3.05, 3.63) is 15.9 Å². The van der Waals surface area contributed by atoms with Crippen LogP contribution in [0.1, 0.15) is 25.2 Å². The average Bonchev–Trinajstić information content (AvgIpc) is 2.51. The Kier molecular flexibility index (Phi) is 4.49. The van der Waals surface area contributed by atoms with Crippen molar-refractivity contribution in [3.8, 4) is 0 Å². The van der Waals surface area contributed by atoms with Crippen LogP contribution in [0.2, 0.25) is 0 Å². The minimum Gasteiger partial charge on any atom is -0.480 e. The van der Waals surface area contributed by atoms with Crippen LogP contribution in [-0.4, -0.2) is 26.9 Å². The number of nitrogens with one attached hydrogen (secondary N) is 1. The minimum absolute atomic E-state index is 0.489. The minimum atomic E-state index is -0.851. The van der Waals surface area contributed by atoms with Crippen LogP contribution in [0, 0.1) is 6.92 Å². The second-order valence-corrected chi connectivity index (χ2v) is 4.40. The first-order valence-corrected chi connectivity index (χ1v) is 5.94. The predicted octanol–water partition coefficient (Wildman–Crippen LogP) is 1.54. The molecular weight excluding hydrogens is 274 g/mol. The maximum atomic E-state index is 10.7. The quantitative estimate of drug-likeness (QED) is 0.863. The van der Waals surface area contributed by atoms with Crippen LogP contribution in [0.3, 0.4) is 0 Å². The molecule has 16 heavy (non-hydrogen) atoms. The van der Waals surface area contributed by atoms with Crippen molar-refractivity contribution in [3.63, 3.8) is 0 Å². The first-order chi connectivity index (χ1) is 7.47. The lowest BCUT2D eigenvalue weighted by Crippen LogP contribution is -2.33. The van der Waals surface area contributed by atoms with Gasteiger partial charge < -0.3 is 5.11 Å². The molecule has 1 rings (SSSR count). The van der Waals surface area contributed by atoms with E-state index in [4.69, 9.17) is 5.11 Å². The van der Waals surface area contributed by atoms with E-state index in [9.17, 15) is 4.79 Å². The first kappa shape index (κ1) is 13.2. The van der Waals surface area contributed by atoms with Gasteiger partial charge in [-0.3, -0.25) is 14.8 Å². The third-order valence-electron chi connectivity index (χ3n) is 2.40. The number of aryl methyl sites for hydroxylation is 2. The molecule has 0 unspecified atom stereocenters. The Labute approximate surface area is 103 Å². The molecule has 0 aromatic carbocycles. The van der Waals surface area contributed by atoms with Crippen molar-refractivity contribution in [1.82, 2.24) is 15.1 Å². The van der Waals surface area contributed by atoms with Crippen LogP contribution >= 0.6 is 15.9 Å². The normalized spacial score (nSPS) is 12.8. The molecule has 0 saturated carbocycles. The van der Waals surface area contributed by atoms with Gasteiger partial charge in [0.2, 0.25) is 0 Å². The first-order valence-electron chi connectivity index (χ1n) is 5.15. The fraction of sp³-hybridized carbons (Fsp3) is 0.600. The van der Waals surface area contributed by atoms with Crippen LogP contribution < -0.4 is 5.32 Å². The van der Waals surface area contributed by atoms with Crippen LogP contribution in [0.15, 0.2) is 4.47 Å². The van der Waals surface area contributed by atoms with Crippen LogP contribution in [0.4, 0.5) is 0 Å². The van der Waals surface area contributed by atoms with Gasteiger partial charge in [0, 0.05) is 13.1 Å². The second-order valence-electron chi connectivity index (χ2n) is 3.60. The summed E-state index contributed by atoms with van der Waals surface area (Å²) in [5.74, 6) is -0.851. The number of carboxylic acid groups (broad SMARTS) is 1. The van der Waals surface area contributed by atoms with Crippen LogP contribution in [0.5, 0.6) is 0 Å². The summed E-state index contributed by atoms with van der Waals surface area (Å²) in [4.78, 5) is 10.7. The average molecular weight is 290 g/mol. The van der Waals surface area contributed by atoms with E-state index in [1.807, 2.05) is 18.5 Å². The third kappa shape index (κ3) is 2.82. The summed E-state index contributed by atoms with van der Waals surface area (Å²) in [5.41, 5.74) is 1.90. The van der Waals surface area contributed by atoms with Crippen molar-refractivity contribution < 1.29 is 9.90 Å². The highest BCUT2D eigenvalue weighted by molar-refractivity contribution is 9.10. The summed E-state index contributed by atoms with van der Waals surface area (Å²) < 4.78 is 2.81. The summed E-state index contributed by atoms with van der Waals surface area (Å²) in [6, 6.07) is -0.563. The van der Waals surface area contributed by atoms with E-state index in [1.165, 1.54) is 0 Å². The molecule has 0 amide bonds. The molecule has 0 aliphatic heterocycles. The maximum absolute atomic E-state index is 10.7. The molecule has 0 fully saturated rings. The maximum Gasteiger partial charge on any atom is 0.320 e. The topological polar surface area (TPSA) is 67.2 Å².